The van der Waals surface area contributed by atoms with Gasteiger partial charge in [0.15, 0.2) is 0 Å². The van der Waals surface area contributed by atoms with Crippen LogP contribution in [0.2, 0.25) is 0 Å². The average Bonchev–Trinajstić information content (AvgIpc) is 3.09. The van der Waals surface area contributed by atoms with Crippen LogP contribution in [0.3, 0.4) is 0 Å². The molecular weight excluding hydrogens is 258 g/mol. The number of aryl methyl sites for hydroxylation is 1. The normalized spacial score (nSPS) is 12.5. The van der Waals surface area contributed by atoms with E-state index in [0.29, 0.717) is 22.8 Å². The maximum atomic E-state index is 12.2. The number of nitrogens with one attached hydrogen (secondary N) is 2. The van der Waals surface area contributed by atoms with Gasteiger partial charge in [0.25, 0.3) is 11.6 Å². The van der Waals surface area contributed by atoms with E-state index in [4.69, 9.17) is 4.52 Å². The average molecular weight is 271 g/mol. The molecule has 0 saturated heterocycles. The van der Waals surface area contributed by atoms with Crippen LogP contribution in [-0.4, -0.2) is 26.0 Å². The first kappa shape index (κ1) is 12.3. The highest BCUT2D eigenvalue weighted by molar-refractivity contribution is 5.97. The molecule has 0 aliphatic carbocycles. The summed E-state index contributed by atoms with van der Waals surface area (Å²) in [6, 6.07) is 1.51. The Morgan fingerprint density at radius 1 is 1.45 bits per heavy atom. The van der Waals surface area contributed by atoms with Crippen LogP contribution in [0.4, 0.5) is 0 Å². The zero-order valence-electron chi connectivity index (χ0n) is 11.0. The molecule has 7 nitrogen and oxygen atoms in total. The Labute approximate surface area is 114 Å². The second-order valence-corrected chi connectivity index (χ2v) is 4.51. The SMILES string of the molecule is Cc1noc2ncc(C(=O)NC(C)c3ncc[nH]3)cc12. The Bertz CT molecular complexity index is 747. The summed E-state index contributed by atoms with van der Waals surface area (Å²) < 4.78 is 5.02. The molecule has 3 rings (SSSR count). The largest absolute Gasteiger partial charge is 0.347 e. The van der Waals surface area contributed by atoms with E-state index in [1.807, 2.05) is 6.92 Å². The molecule has 2 N–H and O–H groups in total. The molecule has 3 heterocycles. The van der Waals surface area contributed by atoms with E-state index in [2.05, 4.69) is 25.4 Å². The van der Waals surface area contributed by atoms with Crippen molar-refractivity contribution in [2.45, 2.75) is 19.9 Å². The van der Waals surface area contributed by atoms with E-state index in [-0.39, 0.29) is 11.9 Å². The summed E-state index contributed by atoms with van der Waals surface area (Å²) in [5.41, 5.74) is 1.60. The lowest BCUT2D eigenvalue weighted by Crippen LogP contribution is -2.27. The number of hydrogen-bond donors (Lipinski definition) is 2. The van der Waals surface area contributed by atoms with E-state index < -0.39 is 0 Å². The fourth-order valence-corrected chi connectivity index (χ4v) is 1.93. The monoisotopic (exact) mass is 271 g/mol. The highest BCUT2D eigenvalue weighted by Gasteiger charge is 2.15. The maximum absolute atomic E-state index is 12.2. The molecular formula is C13H13N5O2. The number of pyridine rings is 1. The summed E-state index contributed by atoms with van der Waals surface area (Å²) in [5.74, 6) is 0.484. The quantitative estimate of drug-likeness (QED) is 0.756. The van der Waals surface area contributed by atoms with E-state index in [1.54, 1.807) is 25.4 Å². The number of aromatic amines is 1. The molecule has 0 fully saturated rings. The molecule has 1 unspecified atom stereocenters. The summed E-state index contributed by atoms with van der Waals surface area (Å²) in [4.78, 5) is 23.3. The van der Waals surface area contributed by atoms with Gasteiger partial charge in [0.2, 0.25) is 0 Å². The van der Waals surface area contributed by atoms with Crippen LogP contribution in [-0.2, 0) is 0 Å². The summed E-state index contributed by atoms with van der Waals surface area (Å²) in [6.45, 7) is 3.66. The van der Waals surface area contributed by atoms with E-state index in [0.717, 1.165) is 5.39 Å². The van der Waals surface area contributed by atoms with Crippen LogP contribution < -0.4 is 5.32 Å². The highest BCUT2D eigenvalue weighted by atomic mass is 16.5. The van der Waals surface area contributed by atoms with Crippen molar-refractivity contribution in [1.82, 2.24) is 25.4 Å². The van der Waals surface area contributed by atoms with Crippen molar-refractivity contribution in [2.24, 2.45) is 0 Å². The van der Waals surface area contributed by atoms with Crippen molar-refractivity contribution < 1.29 is 9.32 Å². The lowest BCUT2D eigenvalue weighted by Gasteiger charge is -2.11. The van der Waals surface area contributed by atoms with Crippen molar-refractivity contribution in [1.29, 1.82) is 0 Å². The molecule has 7 heteroatoms. The van der Waals surface area contributed by atoms with Gasteiger partial charge < -0.3 is 14.8 Å². The van der Waals surface area contributed by atoms with Gasteiger partial charge in [0.1, 0.15) is 5.82 Å². The van der Waals surface area contributed by atoms with Crippen molar-refractivity contribution in [3.63, 3.8) is 0 Å². The smallest absolute Gasteiger partial charge is 0.257 e. The third kappa shape index (κ3) is 2.13. The number of imidazole rings is 1. The highest BCUT2D eigenvalue weighted by Crippen LogP contribution is 2.17. The number of nitrogens with zero attached hydrogens (tertiary/aromatic N) is 3. The fraction of sp³-hybridized carbons (Fsp3) is 0.231. The number of rotatable bonds is 3. The molecule has 20 heavy (non-hydrogen) atoms. The Kier molecular flexibility index (Phi) is 2.94. The van der Waals surface area contributed by atoms with Gasteiger partial charge in [-0.1, -0.05) is 5.16 Å². The van der Waals surface area contributed by atoms with Gasteiger partial charge in [-0.25, -0.2) is 9.97 Å². The summed E-state index contributed by atoms with van der Waals surface area (Å²) in [7, 11) is 0. The van der Waals surface area contributed by atoms with E-state index in [9.17, 15) is 4.79 Å². The standard InChI is InChI=1S/C13H13N5O2/c1-7-10-5-9(6-16-13(10)20-18-7)12(19)17-8(2)11-14-3-4-15-11/h3-6,8H,1-2H3,(H,14,15)(H,17,19). The maximum Gasteiger partial charge on any atom is 0.257 e. The van der Waals surface area contributed by atoms with Crippen molar-refractivity contribution in [2.75, 3.05) is 0 Å². The van der Waals surface area contributed by atoms with Gasteiger partial charge in [0, 0.05) is 18.6 Å². The van der Waals surface area contributed by atoms with Crippen molar-refractivity contribution >= 4 is 17.0 Å². The first-order valence-corrected chi connectivity index (χ1v) is 6.17. The first-order chi connectivity index (χ1) is 9.65. The van der Waals surface area contributed by atoms with E-state index in [1.165, 1.54) is 6.20 Å². The van der Waals surface area contributed by atoms with Crippen LogP contribution in [0.25, 0.3) is 11.1 Å². The lowest BCUT2D eigenvalue weighted by atomic mass is 10.2. The molecule has 0 spiro atoms. The van der Waals surface area contributed by atoms with Gasteiger partial charge >= 0.3 is 0 Å². The van der Waals surface area contributed by atoms with Gasteiger partial charge in [-0.15, -0.1) is 0 Å². The molecule has 0 aromatic carbocycles. The topological polar surface area (TPSA) is 96.7 Å². The number of hydrogen-bond acceptors (Lipinski definition) is 5. The van der Waals surface area contributed by atoms with Gasteiger partial charge in [-0.2, -0.15) is 0 Å². The Morgan fingerprint density at radius 3 is 3.05 bits per heavy atom. The fourth-order valence-electron chi connectivity index (χ4n) is 1.93. The predicted octanol–water partition coefficient (Wildman–Crippen LogP) is 1.75. The van der Waals surface area contributed by atoms with Crippen LogP contribution >= 0.6 is 0 Å². The predicted molar refractivity (Wildman–Crippen MR) is 71.0 cm³/mol. The minimum Gasteiger partial charge on any atom is -0.347 e. The second kappa shape index (κ2) is 4.76. The molecule has 0 bridgehead atoms. The Balaban J connectivity index is 1.83. The van der Waals surface area contributed by atoms with E-state index >= 15 is 0 Å². The van der Waals surface area contributed by atoms with Crippen LogP contribution in [0.5, 0.6) is 0 Å². The van der Waals surface area contributed by atoms with Gasteiger partial charge in [-0.3, -0.25) is 4.79 Å². The molecule has 1 amide bonds. The Morgan fingerprint density at radius 2 is 2.30 bits per heavy atom. The lowest BCUT2D eigenvalue weighted by molar-refractivity contribution is 0.0938. The number of carbonyl (C=O) groups excluding carboxylic acids is 1. The van der Waals surface area contributed by atoms with Crippen LogP contribution in [0, 0.1) is 6.92 Å². The zero-order chi connectivity index (χ0) is 14.1. The molecule has 0 saturated carbocycles. The molecule has 0 aliphatic heterocycles. The minimum atomic E-state index is -0.219. The number of fused-ring (bicyclic) bond motifs is 1. The summed E-state index contributed by atoms with van der Waals surface area (Å²) in [5, 5.41) is 7.40. The number of amides is 1. The molecule has 1 atom stereocenters. The van der Waals surface area contributed by atoms with Crippen molar-refractivity contribution in [3.05, 3.63) is 41.7 Å². The molecule has 0 radical (unpaired) electrons. The third-order valence-electron chi connectivity index (χ3n) is 3.05. The number of H-pyrrole nitrogens is 1. The van der Waals surface area contributed by atoms with Crippen LogP contribution in [0.15, 0.2) is 29.2 Å². The minimum absolute atomic E-state index is 0.211. The molecule has 3 aromatic rings. The van der Waals surface area contributed by atoms with Crippen LogP contribution in [0.1, 0.15) is 34.8 Å². The third-order valence-corrected chi connectivity index (χ3v) is 3.05. The van der Waals surface area contributed by atoms with Crippen molar-refractivity contribution in [3.8, 4) is 0 Å². The summed E-state index contributed by atoms with van der Waals surface area (Å²) in [6.07, 6.45) is 4.83. The zero-order valence-corrected chi connectivity index (χ0v) is 11.0. The molecule has 0 aliphatic rings. The summed E-state index contributed by atoms with van der Waals surface area (Å²) >= 11 is 0. The Hall–Kier alpha value is -2.70. The van der Waals surface area contributed by atoms with Gasteiger partial charge in [-0.05, 0) is 19.9 Å². The van der Waals surface area contributed by atoms with Gasteiger partial charge in [0.05, 0.1) is 22.7 Å². The molecule has 3 aromatic heterocycles. The second-order valence-electron chi connectivity index (χ2n) is 4.51. The first-order valence-electron chi connectivity index (χ1n) is 6.17. The molecule has 102 valence electrons. The number of aromatic nitrogens is 4. The number of carbonyl (C=O) groups is 1.